The molecule has 0 bridgehead atoms. The summed E-state index contributed by atoms with van der Waals surface area (Å²) in [7, 11) is 0. The van der Waals surface area contributed by atoms with Crippen molar-refractivity contribution < 1.29 is 19.1 Å². The quantitative estimate of drug-likeness (QED) is 0.168. The van der Waals surface area contributed by atoms with Gasteiger partial charge < -0.3 is 20.1 Å². The summed E-state index contributed by atoms with van der Waals surface area (Å²) in [5.74, 6) is -1.29. The van der Waals surface area contributed by atoms with Gasteiger partial charge in [0.1, 0.15) is 23.3 Å². The number of carbonyl (C=O) groups excluding carboxylic acids is 2. The third-order valence-electron chi connectivity index (χ3n) is 2.96. The van der Waals surface area contributed by atoms with E-state index in [0.717, 1.165) is 6.42 Å². The maximum atomic E-state index is 11.6. The molecule has 0 atom stereocenters. The van der Waals surface area contributed by atoms with E-state index < -0.39 is 11.9 Å². The van der Waals surface area contributed by atoms with Crippen molar-refractivity contribution in [1.29, 1.82) is 10.5 Å². The van der Waals surface area contributed by atoms with E-state index in [9.17, 15) is 9.59 Å². The van der Waals surface area contributed by atoms with Gasteiger partial charge in [-0.15, -0.1) is 0 Å². The number of nitrogens with zero attached hydrogens (tertiary/aromatic N) is 2. The van der Waals surface area contributed by atoms with Crippen molar-refractivity contribution in [2.45, 2.75) is 46.3 Å². The largest absolute Gasteiger partial charge is 0.459 e. The van der Waals surface area contributed by atoms with Crippen molar-refractivity contribution in [3.8, 4) is 12.1 Å². The summed E-state index contributed by atoms with van der Waals surface area (Å²) in [6, 6.07) is 3.60. The maximum Gasteiger partial charge on any atom is 0.349 e. The number of rotatable bonds is 12. The van der Waals surface area contributed by atoms with E-state index in [4.69, 9.17) is 20.0 Å². The summed E-state index contributed by atoms with van der Waals surface area (Å²) in [5.41, 5.74) is -0.128. The zero-order chi connectivity index (χ0) is 22.1. The SMILES string of the molecule is CC(C)OC(=O)/C(C#N)=C/C=C/NCCCN/C=C/C=C(\C#N)C(=O)OC(C)C. The minimum atomic E-state index is -0.644. The molecule has 8 nitrogen and oxygen atoms in total. The highest BCUT2D eigenvalue weighted by atomic mass is 16.5. The van der Waals surface area contributed by atoms with Gasteiger partial charge in [-0.25, -0.2) is 9.59 Å². The Kier molecular flexibility index (Phi) is 13.6. The van der Waals surface area contributed by atoms with Crippen molar-refractivity contribution in [3.05, 3.63) is 47.9 Å². The fourth-order valence-electron chi connectivity index (χ4n) is 1.74. The Labute approximate surface area is 172 Å². The molecule has 0 radical (unpaired) electrons. The van der Waals surface area contributed by atoms with Gasteiger partial charge in [-0.05, 0) is 70.8 Å². The van der Waals surface area contributed by atoms with Crippen molar-refractivity contribution in [2.75, 3.05) is 13.1 Å². The van der Waals surface area contributed by atoms with Gasteiger partial charge in [0, 0.05) is 13.1 Å². The van der Waals surface area contributed by atoms with Crippen molar-refractivity contribution in [2.24, 2.45) is 0 Å². The lowest BCUT2D eigenvalue weighted by Gasteiger charge is -2.05. The predicted molar refractivity (Wildman–Crippen MR) is 109 cm³/mol. The molecule has 0 saturated carbocycles. The predicted octanol–water partition coefficient (Wildman–Crippen LogP) is 2.39. The summed E-state index contributed by atoms with van der Waals surface area (Å²) in [5, 5.41) is 23.9. The molecule has 0 aliphatic heterocycles. The first kappa shape index (κ1) is 25.5. The molecule has 0 fully saturated rings. The van der Waals surface area contributed by atoms with Crippen LogP contribution < -0.4 is 10.6 Å². The lowest BCUT2D eigenvalue weighted by molar-refractivity contribution is -0.143. The second-order valence-electron chi connectivity index (χ2n) is 6.27. The summed E-state index contributed by atoms with van der Waals surface area (Å²) >= 11 is 0. The van der Waals surface area contributed by atoms with Crippen LogP contribution in [-0.4, -0.2) is 37.2 Å². The average Bonchev–Trinajstić information content (AvgIpc) is 2.64. The Morgan fingerprint density at radius 1 is 0.828 bits per heavy atom. The van der Waals surface area contributed by atoms with Gasteiger partial charge in [0.2, 0.25) is 0 Å². The number of hydrogen-bond donors (Lipinski definition) is 2. The highest BCUT2D eigenvalue weighted by Gasteiger charge is 2.11. The van der Waals surface area contributed by atoms with Crippen molar-refractivity contribution in [1.82, 2.24) is 10.6 Å². The van der Waals surface area contributed by atoms with Crippen LogP contribution in [0.2, 0.25) is 0 Å². The number of ether oxygens (including phenoxy) is 2. The molecule has 0 spiro atoms. The van der Waals surface area contributed by atoms with E-state index >= 15 is 0 Å². The van der Waals surface area contributed by atoms with E-state index in [1.165, 1.54) is 12.2 Å². The Hall–Kier alpha value is -3.52. The van der Waals surface area contributed by atoms with Crippen LogP contribution >= 0.6 is 0 Å². The molecule has 2 N–H and O–H groups in total. The molecule has 0 aliphatic carbocycles. The summed E-state index contributed by atoms with van der Waals surface area (Å²) in [4.78, 5) is 23.2. The van der Waals surface area contributed by atoms with Gasteiger partial charge in [-0.3, -0.25) is 0 Å². The van der Waals surface area contributed by atoms with Crippen molar-refractivity contribution >= 4 is 11.9 Å². The van der Waals surface area contributed by atoms with E-state index in [-0.39, 0.29) is 23.4 Å². The molecule has 0 aliphatic rings. The van der Waals surface area contributed by atoms with Gasteiger partial charge in [0.25, 0.3) is 0 Å². The number of nitrogens with one attached hydrogen (secondary N) is 2. The smallest absolute Gasteiger partial charge is 0.349 e. The molecule has 0 aromatic heterocycles. The third kappa shape index (κ3) is 13.3. The first-order valence-corrected chi connectivity index (χ1v) is 9.24. The van der Waals surface area contributed by atoms with Gasteiger partial charge in [0.15, 0.2) is 0 Å². The van der Waals surface area contributed by atoms with Crippen LogP contribution in [0, 0.1) is 22.7 Å². The Bertz CT molecular complexity index is 673. The minimum absolute atomic E-state index is 0.0642. The van der Waals surface area contributed by atoms with Gasteiger partial charge in [-0.2, -0.15) is 10.5 Å². The van der Waals surface area contributed by atoms with Crippen LogP contribution in [0.3, 0.4) is 0 Å². The summed E-state index contributed by atoms with van der Waals surface area (Å²) in [6.45, 7) is 8.20. The first-order valence-electron chi connectivity index (χ1n) is 9.24. The third-order valence-corrected chi connectivity index (χ3v) is 2.96. The number of hydrogen-bond acceptors (Lipinski definition) is 8. The maximum absolute atomic E-state index is 11.6. The lowest BCUT2D eigenvalue weighted by Crippen LogP contribution is -2.15. The van der Waals surface area contributed by atoms with E-state index in [2.05, 4.69) is 10.6 Å². The zero-order valence-corrected chi connectivity index (χ0v) is 17.3. The molecular weight excluding hydrogens is 372 g/mol. The van der Waals surface area contributed by atoms with Crippen molar-refractivity contribution in [3.63, 3.8) is 0 Å². The molecule has 0 saturated heterocycles. The number of nitriles is 2. The van der Waals surface area contributed by atoms with Gasteiger partial charge in [-0.1, -0.05) is 0 Å². The zero-order valence-electron chi connectivity index (χ0n) is 17.3. The molecule has 8 heteroatoms. The second-order valence-corrected chi connectivity index (χ2v) is 6.27. The minimum Gasteiger partial charge on any atom is -0.459 e. The van der Waals surface area contributed by atoms with Gasteiger partial charge in [0.05, 0.1) is 12.2 Å². The molecule has 0 aromatic carbocycles. The molecule has 29 heavy (non-hydrogen) atoms. The Morgan fingerprint density at radius 3 is 1.52 bits per heavy atom. The van der Waals surface area contributed by atoms with Crippen LogP contribution in [0.15, 0.2) is 47.9 Å². The highest BCUT2D eigenvalue weighted by molar-refractivity contribution is 5.93. The normalized spacial score (nSPS) is 12.1. The number of esters is 2. The average molecular weight is 400 g/mol. The highest BCUT2D eigenvalue weighted by Crippen LogP contribution is 2.01. The lowest BCUT2D eigenvalue weighted by atomic mass is 10.2. The molecule has 0 heterocycles. The molecule has 0 aromatic rings. The van der Waals surface area contributed by atoms with Crippen LogP contribution in [0.5, 0.6) is 0 Å². The molecular formula is C21H28N4O4. The number of carbonyl (C=O) groups is 2. The summed E-state index contributed by atoms with van der Waals surface area (Å²) in [6.07, 6.45) is 9.43. The first-order chi connectivity index (χ1) is 13.8. The van der Waals surface area contributed by atoms with Crippen LogP contribution in [0.1, 0.15) is 34.1 Å². The molecule has 0 amide bonds. The standard InChI is InChI=1S/C21H28N4O4/c1-16(2)28-20(26)18(14-22)8-5-10-24-12-7-13-25-11-6-9-19(15-23)21(27)29-17(3)4/h5-6,8-11,16-17,24-25H,7,12-13H2,1-4H3/b10-5+,11-6+,18-8+,19-9+. The van der Waals surface area contributed by atoms with Crippen LogP contribution in [-0.2, 0) is 19.1 Å². The number of allylic oxidation sites excluding steroid dienone is 4. The fourth-order valence-corrected chi connectivity index (χ4v) is 1.74. The van der Waals surface area contributed by atoms with E-state index in [1.807, 2.05) is 0 Å². The Morgan fingerprint density at radius 2 is 1.21 bits per heavy atom. The van der Waals surface area contributed by atoms with E-state index in [0.29, 0.717) is 13.1 Å². The molecule has 0 rings (SSSR count). The van der Waals surface area contributed by atoms with E-state index in [1.54, 1.807) is 64.4 Å². The van der Waals surface area contributed by atoms with Crippen LogP contribution in [0.25, 0.3) is 0 Å². The molecule has 0 unspecified atom stereocenters. The topological polar surface area (TPSA) is 124 Å². The Balaban J connectivity index is 4.14. The summed E-state index contributed by atoms with van der Waals surface area (Å²) < 4.78 is 9.90. The monoisotopic (exact) mass is 400 g/mol. The second kappa shape index (κ2) is 15.5. The van der Waals surface area contributed by atoms with Gasteiger partial charge >= 0.3 is 11.9 Å². The van der Waals surface area contributed by atoms with Crippen LogP contribution in [0.4, 0.5) is 0 Å². The fraction of sp³-hybridized carbons (Fsp3) is 0.429. The molecule has 156 valence electrons.